The summed E-state index contributed by atoms with van der Waals surface area (Å²) >= 11 is 0. The number of ether oxygens (including phenoxy) is 3. The first-order valence-corrected chi connectivity index (χ1v) is 22.0. The van der Waals surface area contributed by atoms with Crippen LogP contribution in [0.5, 0.6) is 0 Å². The summed E-state index contributed by atoms with van der Waals surface area (Å²) in [5.74, 6) is -0.573. The summed E-state index contributed by atoms with van der Waals surface area (Å²) < 4.78 is 18.5. The van der Waals surface area contributed by atoms with Crippen molar-refractivity contribution in [1.82, 2.24) is 0 Å². The van der Waals surface area contributed by atoms with Gasteiger partial charge in [0.25, 0.3) is 0 Å². The summed E-state index contributed by atoms with van der Waals surface area (Å²) in [5, 5.41) is 0. The third-order valence-electron chi connectivity index (χ3n) is 11.7. The Kier molecular flexibility index (Phi) is 25.7. The van der Waals surface area contributed by atoms with Gasteiger partial charge in [0, 0.05) is 12.8 Å². The molecule has 3 fully saturated rings. The molecule has 3 aliphatic rings. The van der Waals surface area contributed by atoms with Crippen LogP contribution >= 0.6 is 0 Å². The molecule has 0 aromatic heterocycles. The van der Waals surface area contributed by atoms with Gasteiger partial charge in [-0.05, 0) is 12.8 Å². The SMILES string of the molecule is CCCCCCCCCCCCCCCC(=O)OCC(COC(=O)[N+]12CC[N+](C)(CC1)CC2)OC(=O)CCCCCCCCCCCCCCC. The van der Waals surface area contributed by atoms with E-state index >= 15 is 0 Å². The molecule has 3 heterocycles. The molecule has 0 N–H and O–H groups in total. The molecule has 0 saturated carbocycles. The molecule has 1 unspecified atom stereocenters. The van der Waals surface area contributed by atoms with Crippen LogP contribution in [0.15, 0.2) is 0 Å². The molecule has 8 heteroatoms. The van der Waals surface area contributed by atoms with Gasteiger partial charge < -0.3 is 18.7 Å². The fourth-order valence-corrected chi connectivity index (χ4v) is 7.74. The minimum atomic E-state index is -0.771. The first-order chi connectivity index (χ1) is 24.8. The smallest absolute Gasteiger partial charge is 0.462 e. The zero-order chi connectivity index (χ0) is 36.9. The molecule has 2 bridgehead atoms. The van der Waals surface area contributed by atoms with Crippen molar-refractivity contribution in [1.29, 1.82) is 0 Å². The average Bonchev–Trinajstić information content (AvgIpc) is 3.13. The number of hydrogen-bond acceptors (Lipinski definition) is 6. The Labute approximate surface area is 314 Å². The number of carbonyl (C=O) groups is 3. The number of carbonyl (C=O) groups excluding carboxylic acids is 3. The monoisotopic (exact) mass is 723 g/mol. The number of quaternary nitrogens is 2. The lowest BCUT2D eigenvalue weighted by atomic mass is 10.0. The van der Waals surface area contributed by atoms with Gasteiger partial charge in [0.05, 0.1) is 7.05 Å². The number of fused-ring (bicyclic) bond motifs is 3. The van der Waals surface area contributed by atoms with Gasteiger partial charge in [0.15, 0.2) is 6.10 Å². The van der Waals surface area contributed by atoms with E-state index in [2.05, 4.69) is 20.9 Å². The number of amides is 1. The van der Waals surface area contributed by atoms with E-state index in [1.54, 1.807) is 0 Å². The summed E-state index contributed by atoms with van der Waals surface area (Å²) in [6.45, 7) is 9.67. The number of nitrogens with zero attached hydrogens (tertiary/aromatic N) is 2. The quantitative estimate of drug-likeness (QED) is 0.0290. The number of likely N-dealkylation sites (N-methyl/N-ethyl adjacent to an activating group) is 1. The zero-order valence-electron chi connectivity index (χ0n) is 33.9. The maximum absolute atomic E-state index is 13.3. The van der Waals surface area contributed by atoms with E-state index in [4.69, 9.17) is 14.2 Å². The Morgan fingerprint density at radius 1 is 0.451 bits per heavy atom. The molecule has 0 spiro atoms. The van der Waals surface area contributed by atoms with Crippen LogP contribution in [0.1, 0.15) is 194 Å². The number of rotatable bonds is 33. The van der Waals surface area contributed by atoms with Crippen molar-refractivity contribution in [2.24, 2.45) is 0 Å². The number of unbranched alkanes of at least 4 members (excludes halogenated alkanes) is 24. The molecule has 0 aliphatic carbocycles. The summed E-state index contributed by atoms with van der Waals surface area (Å²) in [4.78, 5) is 38.7. The van der Waals surface area contributed by atoms with Gasteiger partial charge >= 0.3 is 18.0 Å². The largest absolute Gasteiger partial charge is 0.516 e. The van der Waals surface area contributed by atoms with Crippen LogP contribution in [0.25, 0.3) is 0 Å². The van der Waals surface area contributed by atoms with Crippen molar-refractivity contribution in [3.05, 3.63) is 0 Å². The van der Waals surface area contributed by atoms with Crippen molar-refractivity contribution in [2.75, 3.05) is 59.5 Å². The molecule has 8 nitrogen and oxygen atoms in total. The van der Waals surface area contributed by atoms with Crippen molar-refractivity contribution in [2.45, 2.75) is 200 Å². The predicted octanol–water partition coefficient (Wildman–Crippen LogP) is 10.8. The van der Waals surface area contributed by atoms with Crippen molar-refractivity contribution in [3.63, 3.8) is 0 Å². The van der Waals surface area contributed by atoms with Crippen LogP contribution in [0.3, 0.4) is 0 Å². The minimum absolute atomic E-state index is 0.0656. The molecular weight excluding hydrogens is 640 g/mol. The fraction of sp³-hybridized carbons (Fsp3) is 0.930. The number of hydrogen-bond donors (Lipinski definition) is 0. The van der Waals surface area contributed by atoms with E-state index in [1.807, 2.05) is 0 Å². The summed E-state index contributed by atoms with van der Waals surface area (Å²) in [5.41, 5.74) is 0. The van der Waals surface area contributed by atoms with E-state index < -0.39 is 6.10 Å². The highest BCUT2D eigenvalue weighted by Crippen LogP contribution is 2.26. The molecule has 51 heavy (non-hydrogen) atoms. The molecule has 0 aromatic carbocycles. The normalized spacial score (nSPS) is 20.3. The maximum atomic E-state index is 13.3. The molecule has 3 saturated heterocycles. The van der Waals surface area contributed by atoms with Crippen LogP contribution in [0, 0.1) is 0 Å². The Balaban J connectivity index is 1.62. The van der Waals surface area contributed by atoms with Gasteiger partial charge in [-0.25, -0.2) is 4.48 Å². The summed E-state index contributed by atoms with van der Waals surface area (Å²) in [6.07, 6.45) is 32.3. The third kappa shape index (κ3) is 21.6. The molecule has 0 radical (unpaired) electrons. The first-order valence-electron chi connectivity index (χ1n) is 22.0. The number of piperazine rings is 3. The average molecular weight is 723 g/mol. The second-order valence-corrected chi connectivity index (χ2v) is 16.5. The van der Waals surface area contributed by atoms with E-state index in [0.717, 1.165) is 82.3 Å². The van der Waals surface area contributed by atoms with Gasteiger partial charge in [-0.2, -0.15) is 4.79 Å². The second-order valence-electron chi connectivity index (χ2n) is 16.5. The Bertz CT molecular complexity index is 886. The van der Waals surface area contributed by atoms with E-state index in [-0.39, 0.29) is 31.2 Å². The minimum Gasteiger partial charge on any atom is -0.462 e. The molecule has 298 valence electrons. The lowest BCUT2D eigenvalue weighted by Crippen LogP contribution is -2.75. The lowest BCUT2D eigenvalue weighted by Gasteiger charge is -2.51. The van der Waals surface area contributed by atoms with Gasteiger partial charge in [-0.15, -0.1) is 0 Å². The molecule has 1 atom stereocenters. The molecule has 0 aromatic rings. The van der Waals surface area contributed by atoms with E-state index in [1.165, 1.54) is 128 Å². The highest BCUT2D eigenvalue weighted by molar-refractivity contribution is 5.70. The fourth-order valence-electron chi connectivity index (χ4n) is 7.74. The molecule has 1 amide bonds. The van der Waals surface area contributed by atoms with Gasteiger partial charge in [0.2, 0.25) is 0 Å². The highest BCUT2D eigenvalue weighted by atomic mass is 16.6. The second kappa shape index (κ2) is 28.8. The van der Waals surface area contributed by atoms with Crippen LogP contribution < -0.4 is 0 Å². The summed E-state index contributed by atoms with van der Waals surface area (Å²) in [7, 11) is 2.26. The van der Waals surface area contributed by atoms with Crippen molar-refractivity contribution >= 4 is 18.0 Å². The van der Waals surface area contributed by atoms with Crippen LogP contribution in [-0.2, 0) is 23.8 Å². The van der Waals surface area contributed by atoms with Crippen molar-refractivity contribution < 1.29 is 37.6 Å². The Hall–Kier alpha value is -1.67. The Morgan fingerprint density at radius 3 is 1.18 bits per heavy atom. The maximum Gasteiger partial charge on any atom is 0.516 e. The van der Waals surface area contributed by atoms with Gasteiger partial charge in [-0.3, -0.25) is 9.59 Å². The standard InChI is InChI=1S/C43H82N2O6/c1-4-6-8-10-12-14-16-18-20-22-24-26-28-30-41(46)49-38-40(39-50-43(48)45-35-32-44(3,33-36-45)34-37-45)51-42(47)31-29-27-25-23-21-19-17-15-13-11-9-7-5-2/h40H,4-39H2,1-3H3/q+2. The highest BCUT2D eigenvalue weighted by Gasteiger charge is 2.52. The molecular formula is C43H82N2O6+2. The number of esters is 2. The van der Waals surface area contributed by atoms with Crippen LogP contribution in [0.2, 0.25) is 0 Å². The van der Waals surface area contributed by atoms with E-state index in [0.29, 0.717) is 17.3 Å². The summed E-state index contributed by atoms with van der Waals surface area (Å²) in [6, 6.07) is 0. The lowest BCUT2D eigenvalue weighted by molar-refractivity contribution is -1.04. The van der Waals surface area contributed by atoms with E-state index in [9.17, 15) is 14.4 Å². The predicted molar refractivity (Wildman–Crippen MR) is 208 cm³/mol. The van der Waals surface area contributed by atoms with Gasteiger partial charge in [-0.1, -0.05) is 168 Å². The van der Waals surface area contributed by atoms with Crippen LogP contribution in [-0.4, -0.2) is 92.6 Å². The molecule has 3 aliphatic heterocycles. The van der Waals surface area contributed by atoms with Crippen molar-refractivity contribution in [3.8, 4) is 0 Å². The Morgan fingerprint density at radius 2 is 0.784 bits per heavy atom. The molecule has 3 rings (SSSR count). The topological polar surface area (TPSA) is 78.9 Å². The zero-order valence-corrected chi connectivity index (χ0v) is 33.9. The third-order valence-corrected chi connectivity index (χ3v) is 11.7. The first kappa shape index (κ1) is 45.5. The van der Waals surface area contributed by atoms with Gasteiger partial charge in [0.1, 0.15) is 52.5 Å². The van der Waals surface area contributed by atoms with Crippen LogP contribution in [0.4, 0.5) is 4.79 Å².